The van der Waals surface area contributed by atoms with Gasteiger partial charge in [0.25, 0.3) is 5.91 Å². The second-order valence-corrected chi connectivity index (χ2v) is 9.98. The van der Waals surface area contributed by atoms with E-state index in [0.717, 1.165) is 39.0 Å². The Kier molecular flexibility index (Phi) is 9.64. The molecule has 3 unspecified atom stereocenters. The van der Waals surface area contributed by atoms with Crippen LogP contribution in [0.4, 0.5) is 5.95 Å². The standard InChI is InChI=1S/C21H26N6O2.C6H12O3/c1-26-14-17(18-4-2-3-5-19(18)26)11-22-10-15-6-8-27(9-7-15)21-23-12-16(13-24-21)20(28)25-29;1-4-6(8)5(7)2-3-9-4/h2-5,12-15,22,29H,6-11H2,1H3,(H,25,28);4-8H,2-3H2,1H3. The van der Waals surface area contributed by atoms with E-state index in [1.807, 2.05) is 0 Å². The minimum atomic E-state index is -0.696. The number of aliphatic hydroxyl groups excluding tert-OH is 2. The lowest BCUT2D eigenvalue weighted by atomic mass is 9.97. The molecule has 4 heterocycles. The van der Waals surface area contributed by atoms with E-state index in [2.05, 4.69) is 62.3 Å². The van der Waals surface area contributed by atoms with Crippen molar-refractivity contribution < 1.29 is 25.0 Å². The van der Waals surface area contributed by atoms with Gasteiger partial charge in [-0.15, -0.1) is 0 Å². The lowest BCUT2D eigenvalue weighted by Gasteiger charge is -2.32. The van der Waals surface area contributed by atoms with Gasteiger partial charge in [-0.25, -0.2) is 15.4 Å². The van der Waals surface area contributed by atoms with Crippen molar-refractivity contribution in [3.63, 3.8) is 0 Å². The van der Waals surface area contributed by atoms with Crippen molar-refractivity contribution in [2.75, 3.05) is 31.1 Å². The summed E-state index contributed by atoms with van der Waals surface area (Å²) in [6.45, 7) is 5.97. The van der Waals surface area contributed by atoms with E-state index in [-0.39, 0.29) is 11.7 Å². The van der Waals surface area contributed by atoms with Crippen LogP contribution in [0.3, 0.4) is 0 Å². The van der Waals surface area contributed by atoms with Gasteiger partial charge in [-0.2, -0.15) is 0 Å². The van der Waals surface area contributed by atoms with Crippen molar-refractivity contribution >= 4 is 22.8 Å². The number of para-hydroxylation sites is 1. The molecule has 0 bridgehead atoms. The molecule has 3 atom stereocenters. The fourth-order valence-corrected chi connectivity index (χ4v) is 4.94. The summed E-state index contributed by atoms with van der Waals surface area (Å²) in [5, 5.41) is 31.7. The monoisotopic (exact) mass is 526 g/mol. The van der Waals surface area contributed by atoms with Crippen LogP contribution in [0.2, 0.25) is 0 Å². The number of rotatable bonds is 6. The SMILES string of the molecule is CC1OCCC(O)C1O.Cn1cc(CNCC2CCN(c3ncc(C(=O)NO)cn3)CC2)c2ccccc21. The van der Waals surface area contributed by atoms with Crippen LogP contribution < -0.4 is 15.7 Å². The van der Waals surface area contributed by atoms with Gasteiger partial charge < -0.3 is 29.7 Å². The molecule has 2 fully saturated rings. The largest absolute Gasteiger partial charge is 0.390 e. The Balaban J connectivity index is 0.000000317. The number of amides is 1. The summed E-state index contributed by atoms with van der Waals surface area (Å²) in [7, 11) is 2.09. The minimum Gasteiger partial charge on any atom is -0.390 e. The number of hydroxylamine groups is 1. The Morgan fingerprint density at radius 3 is 2.50 bits per heavy atom. The van der Waals surface area contributed by atoms with Crippen molar-refractivity contribution in [1.29, 1.82) is 0 Å². The molecule has 0 aliphatic carbocycles. The number of nitrogens with one attached hydrogen (secondary N) is 2. The highest BCUT2D eigenvalue weighted by Crippen LogP contribution is 2.22. The van der Waals surface area contributed by atoms with Crippen LogP contribution in [0, 0.1) is 5.92 Å². The summed E-state index contributed by atoms with van der Waals surface area (Å²) in [5.74, 6) is 0.648. The third-order valence-corrected chi connectivity index (χ3v) is 7.30. The molecule has 206 valence electrons. The molecule has 2 saturated heterocycles. The number of aromatic nitrogens is 3. The first-order valence-corrected chi connectivity index (χ1v) is 13.1. The highest BCUT2D eigenvalue weighted by molar-refractivity contribution is 5.92. The zero-order valence-electron chi connectivity index (χ0n) is 22.0. The number of anilines is 1. The number of carbonyl (C=O) groups is 1. The molecule has 5 rings (SSSR count). The summed E-state index contributed by atoms with van der Waals surface area (Å²) in [6, 6.07) is 8.50. The first-order valence-electron chi connectivity index (χ1n) is 13.1. The van der Waals surface area contributed by atoms with Crippen LogP contribution in [0.5, 0.6) is 0 Å². The number of benzene rings is 1. The summed E-state index contributed by atoms with van der Waals surface area (Å²) < 4.78 is 7.23. The molecular formula is C27H38N6O5. The van der Waals surface area contributed by atoms with Crippen LogP contribution in [0.15, 0.2) is 42.9 Å². The number of hydrogen-bond acceptors (Lipinski definition) is 9. The van der Waals surface area contributed by atoms with Gasteiger partial charge in [-0.05, 0) is 50.3 Å². The van der Waals surface area contributed by atoms with Crippen LogP contribution >= 0.6 is 0 Å². The van der Waals surface area contributed by atoms with E-state index in [0.29, 0.717) is 24.9 Å². The summed E-state index contributed by atoms with van der Waals surface area (Å²) >= 11 is 0. The summed E-state index contributed by atoms with van der Waals surface area (Å²) in [6.07, 6.45) is 6.28. The van der Waals surface area contributed by atoms with Crippen molar-refractivity contribution in [2.24, 2.45) is 13.0 Å². The third-order valence-electron chi connectivity index (χ3n) is 7.30. The number of ether oxygens (including phenoxy) is 1. The molecule has 2 aliphatic heterocycles. The maximum absolute atomic E-state index is 11.4. The predicted octanol–water partition coefficient (Wildman–Crippen LogP) is 1.61. The van der Waals surface area contributed by atoms with E-state index >= 15 is 0 Å². The van der Waals surface area contributed by atoms with Crippen molar-refractivity contribution in [1.82, 2.24) is 25.3 Å². The Hall–Kier alpha value is -3.09. The quantitative estimate of drug-likeness (QED) is 0.239. The fourth-order valence-electron chi connectivity index (χ4n) is 4.94. The zero-order chi connectivity index (χ0) is 27.1. The lowest BCUT2D eigenvalue weighted by Crippen LogP contribution is -2.42. The van der Waals surface area contributed by atoms with Gasteiger partial charge in [0.1, 0.15) is 6.10 Å². The van der Waals surface area contributed by atoms with Crippen LogP contribution in [0.1, 0.15) is 42.1 Å². The molecule has 0 spiro atoms. The molecule has 38 heavy (non-hydrogen) atoms. The van der Waals surface area contributed by atoms with E-state index in [9.17, 15) is 4.79 Å². The van der Waals surface area contributed by atoms with E-state index < -0.39 is 18.1 Å². The maximum Gasteiger partial charge on any atom is 0.277 e. The second-order valence-electron chi connectivity index (χ2n) is 9.98. The molecule has 11 heteroatoms. The average molecular weight is 527 g/mol. The van der Waals surface area contributed by atoms with E-state index in [4.69, 9.17) is 20.2 Å². The highest BCUT2D eigenvalue weighted by atomic mass is 16.5. The van der Waals surface area contributed by atoms with Gasteiger partial charge in [-0.1, -0.05) is 18.2 Å². The van der Waals surface area contributed by atoms with Crippen LogP contribution in [-0.2, 0) is 18.3 Å². The minimum absolute atomic E-state index is 0.214. The van der Waals surface area contributed by atoms with Crippen molar-refractivity contribution in [3.05, 3.63) is 54.0 Å². The first kappa shape index (κ1) is 27.9. The average Bonchev–Trinajstić information content (AvgIpc) is 3.27. The van der Waals surface area contributed by atoms with Crippen molar-refractivity contribution in [3.8, 4) is 0 Å². The predicted molar refractivity (Wildman–Crippen MR) is 143 cm³/mol. The van der Waals surface area contributed by atoms with E-state index in [1.54, 1.807) is 12.4 Å². The molecule has 11 nitrogen and oxygen atoms in total. The van der Waals surface area contributed by atoms with Gasteiger partial charge in [0.05, 0.1) is 17.8 Å². The van der Waals surface area contributed by atoms with Crippen LogP contribution in [0.25, 0.3) is 10.9 Å². The fraction of sp³-hybridized carbons (Fsp3) is 0.519. The zero-order valence-corrected chi connectivity index (χ0v) is 22.0. The number of aryl methyl sites for hydroxylation is 1. The molecule has 1 aromatic carbocycles. The van der Waals surface area contributed by atoms with Gasteiger partial charge in [0.15, 0.2) is 0 Å². The maximum atomic E-state index is 11.4. The number of fused-ring (bicyclic) bond motifs is 1. The molecule has 3 aromatic rings. The number of piperidine rings is 1. The van der Waals surface area contributed by atoms with E-state index in [1.165, 1.54) is 28.9 Å². The van der Waals surface area contributed by atoms with Gasteiger partial charge in [0, 0.05) is 62.8 Å². The van der Waals surface area contributed by atoms with Crippen LogP contribution in [-0.4, -0.2) is 80.4 Å². The topological polar surface area (TPSA) is 145 Å². The number of hydrogen-bond donors (Lipinski definition) is 5. The normalized spacial score (nSPS) is 22.1. The molecular weight excluding hydrogens is 488 g/mol. The molecule has 2 aromatic heterocycles. The van der Waals surface area contributed by atoms with Crippen molar-refractivity contribution in [2.45, 2.75) is 51.0 Å². The van der Waals surface area contributed by atoms with Gasteiger partial charge in [0.2, 0.25) is 5.95 Å². The summed E-state index contributed by atoms with van der Waals surface area (Å²) in [5.41, 5.74) is 4.43. The number of nitrogens with zero attached hydrogens (tertiary/aromatic N) is 4. The van der Waals surface area contributed by atoms with Gasteiger partial charge >= 0.3 is 0 Å². The highest BCUT2D eigenvalue weighted by Gasteiger charge is 2.27. The Labute approximate surface area is 222 Å². The molecule has 2 aliphatic rings. The molecule has 5 N–H and O–H groups in total. The molecule has 0 saturated carbocycles. The third kappa shape index (κ3) is 6.86. The Morgan fingerprint density at radius 2 is 1.84 bits per heavy atom. The summed E-state index contributed by atoms with van der Waals surface area (Å²) in [4.78, 5) is 22.0. The molecule has 0 radical (unpaired) electrons. The lowest BCUT2D eigenvalue weighted by molar-refractivity contribution is -0.127. The Morgan fingerprint density at radius 1 is 1.13 bits per heavy atom. The first-order chi connectivity index (χ1) is 18.4. The number of carbonyl (C=O) groups excluding carboxylic acids is 1. The van der Waals surface area contributed by atoms with Gasteiger partial charge in [-0.3, -0.25) is 10.0 Å². The molecule has 1 amide bonds. The second kappa shape index (κ2) is 13.1. The number of aliphatic hydroxyl groups is 2. The smallest absolute Gasteiger partial charge is 0.277 e. The Bertz CT molecular complexity index is 1170.